The van der Waals surface area contributed by atoms with Gasteiger partial charge in [0.05, 0.1) is 20.6 Å². The molecule has 0 amide bonds. The summed E-state index contributed by atoms with van der Waals surface area (Å²) in [5, 5.41) is -0.525. The van der Waals surface area contributed by atoms with Crippen molar-refractivity contribution in [2.45, 2.75) is 17.4 Å². The highest BCUT2D eigenvalue weighted by Gasteiger charge is 2.23. The molecule has 0 saturated carbocycles. The fourth-order valence-electron chi connectivity index (χ4n) is 1.35. The second kappa shape index (κ2) is 7.76. The molecule has 0 radical (unpaired) electrons. The van der Waals surface area contributed by atoms with Crippen molar-refractivity contribution in [2.75, 3.05) is 14.2 Å². The third kappa shape index (κ3) is 4.79. The van der Waals surface area contributed by atoms with E-state index in [0.717, 1.165) is 5.56 Å². The summed E-state index contributed by atoms with van der Waals surface area (Å²) in [5.74, 6) is -0.162. The fourth-order valence-corrected chi connectivity index (χ4v) is 2.42. The summed E-state index contributed by atoms with van der Waals surface area (Å²) in [6.07, 6.45) is 0.0284. The van der Waals surface area contributed by atoms with Crippen molar-refractivity contribution in [1.82, 2.24) is 0 Å². The van der Waals surface area contributed by atoms with Crippen LogP contribution in [0.4, 0.5) is 0 Å². The zero-order chi connectivity index (χ0) is 13.4. The fraction of sp³-hybridized carbons (Fsp3) is 0.385. The molecule has 4 nitrogen and oxygen atoms in total. The van der Waals surface area contributed by atoms with Crippen LogP contribution in [0, 0.1) is 0 Å². The summed E-state index contributed by atoms with van der Waals surface area (Å²) in [6, 6.07) is 9.74. The largest absolute Gasteiger partial charge is 0.469 e. The maximum Gasteiger partial charge on any atom is 0.319 e. The van der Waals surface area contributed by atoms with Crippen LogP contribution >= 0.6 is 11.8 Å². The van der Waals surface area contributed by atoms with E-state index in [-0.39, 0.29) is 6.42 Å². The maximum absolute atomic E-state index is 11.5. The van der Waals surface area contributed by atoms with Gasteiger partial charge in [0.1, 0.15) is 5.25 Å². The van der Waals surface area contributed by atoms with E-state index in [4.69, 9.17) is 0 Å². The van der Waals surface area contributed by atoms with Crippen LogP contribution in [0.1, 0.15) is 12.0 Å². The quantitative estimate of drug-likeness (QED) is 0.739. The average Bonchev–Trinajstić information content (AvgIpc) is 2.43. The van der Waals surface area contributed by atoms with Gasteiger partial charge >= 0.3 is 11.9 Å². The number of esters is 2. The molecule has 0 heterocycles. The predicted molar refractivity (Wildman–Crippen MR) is 70.2 cm³/mol. The highest BCUT2D eigenvalue weighted by atomic mass is 32.2. The van der Waals surface area contributed by atoms with Crippen LogP contribution in [-0.4, -0.2) is 31.4 Å². The first kappa shape index (κ1) is 14.6. The second-order valence-electron chi connectivity index (χ2n) is 3.59. The Balaban J connectivity index is 2.56. The number of carbonyl (C=O) groups is 2. The van der Waals surface area contributed by atoms with Crippen LogP contribution in [0.5, 0.6) is 0 Å². The van der Waals surface area contributed by atoms with Crippen molar-refractivity contribution in [1.29, 1.82) is 0 Å². The van der Waals surface area contributed by atoms with Crippen molar-refractivity contribution < 1.29 is 19.1 Å². The van der Waals surface area contributed by atoms with E-state index >= 15 is 0 Å². The number of hydrogen-bond acceptors (Lipinski definition) is 5. The Morgan fingerprint density at radius 1 is 1.17 bits per heavy atom. The van der Waals surface area contributed by atoms with Gasteiger partial charge in [-0.2, -0.15) is 0 Å². The Morgan fingerprint density at radius 2 is 1.83 bits per heavy atom. The lowest BCUT2D eigenvalue weighted by Gasteiger charge is -2.12. The summed E-state index contributed by atoms with van der Waals surface area (Å²) in [7, 11) is 2.62. The Bertz CT molecular complexity index is 391. The van der Waals surface area contributed by atoms with Crippen molar-refractivity contribution in [3.05, 3.63) is 35.9 Å². The Hall–Kier alpha value is -1.49. The van der Waals surface area contributed by atoms with Crippen LogP contribution < -0.4 is 0 Å². The Labute approximate surface area is 111 Å². The molecule has 0 aliphatic carbocycles. The van der Waals surface area contributed by atoms with Gasteiger partial charge in [0.2, 0.25) is 0 Å². The van der Waals surface area contributed by atoms with Crippen LogP contribution in [0.15, 0.2) is 30.3 Å². The third-order valence-corrected chi connectivity index (χ3v) is 3.60. The normalized spacial score (nSPS) is 11.7. The second-order valence-corrected chi connectivity index (χ2v) is 4.78. The van der Waals surface area contributed by atoms with Gasteiger partial charge in [0.25, 0.3) is 0 Å². The number of hydrogen-bond donors (Lipinski definition) is 0. The van der Waals surface area contributed by atoms with Gasteiger partial charge in [-0.05, 0) is 5.56 Å². The Morgan fingerprint density at radius 3 is 2.39 bits per heavy atom. The highest BCUT2D eigenvalue weighted by Crippen LogP contribution is 2.21. The van der Waals surface area contributed by atoms with E-state index in [1.54, 1.807) is 0 Å². The minimum atomic E-state index is -0.525. The lowest BCUT2D eigenvalue weighted by atomic mass is 10.2. The van der Waals surface area contributed by atoms with E-state index in [0.29, 0.717) is 5.75 Å². The zero-order valence-corrected chi connectivity index (χ0v) is 11.2. The molecule has 1 aromatic rings. The van der Waals surface area contributed by atoms with Gasteiger partial charge in [-0.25, -0.2) is 0 Å². The zero-order valence-electron chi connectivity index (χ0n) is 10.4. The molecule has 0 fully saturated rings. The molecule has 1 atom stereocenters. The van der Waals surface area contributed by atoms with Gasteiger partial charge in [-0.1, -0.05) is 30.3 Å². The van der Waals surface area contributed by atoms with Crippen LogP contribution in [0.3, 0.4) is 0 Å². The summed E-state index contributed by atoms with van der Waals surface area (Å²) in [6.45, 7) is 0. The molecule has 0 aliphatic heterocycles. The maximum atomic E-state index is 11.5. The number of rotatable bonds is 6. The monoisotopic (exact) mass is 268 g/mol. The summed E-state index contributed by atoms with van der Waals surface area (Å²) in [5.41, 5.74) is 1.10. The smallest absolute Gasteiger partial charge is 0.319 e. The molecule has 18 heavy (non-hydrogen) atoms. The molecule has 0 spiro atoms. The molecule has 0 saturated heterocycles. The molecule has 1 rings (SSSR count). The van der Waals surface area contributed by atoms with Crippen LogP contribution in [0.2, 0.25) is 0 Å². The summed E-state index contributed by atoms with van der Waals surface area (Å²) < 4.78 is 9.25. The molecule has 0 aromatic heterocycles. The van der Waals surface area contributed by atoms with Crippen molar-refractivity contribution in [3.63, 3.8) is 0 Å². The number of carbonyl (C=O) groups excluding carboxylic acids is 2. The molecule has 1 aromatic carbocycles. The van der Waals surface area contributed by atoms with Gasteiger partial charge in [0.15, 0.2) is 0 Å². The third-order valence-electron chi connectivity index (χ3n) is 2.34. The van der Waals surface area contributed by atoms with E-state index < -0.39 is 17.2 Å². The lowest BCUT2D eigenvalue weighted by Crippen LogP contribution is -2.23. The van der Waals surface area contributed by atoms with Crippen molar-refractivity contribution >= 4 is 23.7 Å². The average molecular weight is 268 g/mol. The number of ether oxygens (including phenoxy) is 2. The molecular weight excluding hydrogens is 252 g/mol. The molecular formula is C13H16O4S. The first-order valence-electron chi connectivity index (χ1n) is 5.47. The molecule has 0 aliphatic rings. The number of thioether (sulfide) groups is 1. The van der Waals surface area contributed by atoms with Gasteiger partial charge in [-0.3, -0.25) is 9.59 Å². The van der Waals surface area contributed by atoms with Crippen molar-refractivity contribution in [2.24, 2.45) is 0 Å². The molecule has 0 unspecified atom stereocenters. The Kier molecular flexibility index (Phi) is 6.28. The first-order valence-corrected chi connectivity index (χ1v) is 6.52. The molecule has 5 heteroatoms. The first-order chi connectivity index (χ1) is 8.67. The minimum absolute atomic E-state index is 0.0284. The van der Waals surface area contributed by atoms with E-state index in [9.17, 15) is 9.59 Å². The van der Waals surface area contributed by atoms with E-state index in [1.165, 1.54) is 26.0 Å². The summed E-state index contributed by atoms with van der Waals surface area (Å²) >= 11 is 1.38. The van der Waals surface area contributed by atoms with E-state index in [2.05, 4.69) is 9.47 Å². The van der Waals surface area contributed by atoms with Crippen LogP contribution in [0.25, 0.3) is 0 Å². The van der Waals surface area contributed by atoms with Gasteiger partial charge in [0, 0.05) is 5.75 Å². The van der Waals surface area contributed by atoms with E-state index in [1.807, 2.05) is 30.3 Å². The standard InChI is InChI=1S/C13H16O4S/c1-16-12(14)8-11(13(15)17-2)18-9-10-6-4-3-5-7-10/h3-7,11H,8-9H2,1-2H3/t11-/m0/s1. The number of benzene rings is 1. The molecule has 98 valence electrons. The van der Waals surface area contributed by atoms with Crippen LogP contribution in [-0.2, 0) is 24.8 Å². The number of methoxy groups -OCH3 is 2. The molecule has 0 bridgehead atoms. The lowest BCUT2D eigenvalue weighted by molar-refractivity contribution is -0.146. The van der Waals surface area contributed by atoms with Gasteiger partial charge < -0.3 is 9.47 Å². The molecule has 0 N–H and O–H groups in total. The highest BCUT2D eigenvalue weighted by molar-refractivity contribution is 7.99. The van der Waals surface area contributed by atoms with Gasteiger partial charge in [-0.15, -0.1) is 11.8 Å². The summed E-state index contributed by atoms with van der Waals surface area (Å²) in [4.78, 5) is 22.7. The predicted octanol–water partition coefficient (Wildman–Crippen LogP) is 2.02. The SMILES string of the molecule is COC(=O)C[C@H](SCc1ccccc1)C(=O)OC. The minimum Gasteiger partial charge on any atom is -0.469 e. The van der Waals surface area contributed by atoms with Crippen molar-refractivity contribution in [3.8, 4) is 0 Å². The topological polar surface area (TPSA) is 52.6 Å².